The molecular formula is C15H16N2O4S. The number of carbonyl (C=O) groups excluding carboxylic acids is 1. The van der Waals surface area contributed by atoms with Gasteiger partial charge in [0.05, 0.1) is 5.69 Å². The number of benzene rings is 1. The van der Waals surface area contributed by atoms with E-state index in [0.29, 0.717) is 16.3 Å². The molecule has 0 saturated carbocycles. The topological polar surface area (TPSA) is 88.5 Å². The third-order valence-electron chi connectivity index (χ3n) is 2.50. The van der Waals surface area contributed by atoms with Crippen LogP contribution in [0.15, 0.2) is 34.4 Å². The van der Waals surface area contributed by atoms with Crippen LogP contribution in [0.5, 0.6) is 5.75 Å². The molecule has 6 nitrogen and oxygen atoms in total. The van der Waals surface area contributed by atoms with Gasteiger partial charge in [-0.3, -0.25) is 10.1 Å². The molecule has 1 amide bonds. The maximum atomic E-state index is 11.9. The molecule has 0 atom stereocenters. The summed E-state index contributed by atoms with van der Waals surface area (Å²) >= 11 is 1.11. The van der Waals surface area contributed by atoms with Crippen LogP contribution in [0.25, 0.3) is 10.6 Å². The molecule has 0 fully saturated rings. The van der Waals surface area contributed by atoms with Gasteiger partial charge >= 0.3 is 11.7 Å². The molecule has 0 aliphatic rings. The molecule has 1 aromatic carbocycles. The Balaban J connectivity index is 2.33. The first kappa shape index (κ1) is 16.0. The highest BCUT2D eigenvalue weighted by Gasteiger charge is 2.18. The second kappa shape index (κ2) is 6.15. The van der Waals surface area contributed by atoms with Gasteiger partial charge in [-0.2, -0.15) is 4.98 Å². The Morgan fingerprint density at radius 1 is 1.32 bits per heavy atom. The Labute approximate surface area is 131 Å². The van der Waals surface area contributed by atoms with Gasteiger partial charge in [-0.15, -0.1) is 11.3 Å². The molecular weight excluding hydrogens is 304 g/mol. The number of anilines is 1. The van der Waals surface area contributed by atoms with Crippen molar-refractivity contribution in [3.05, 3.63) is 40.0 Å². The highest BCUT2D eigenvalue weighted by atomic mass is 32.1. The van der Waals surface area contributed by atoms with Gasteiger partial charge in [0.1, 0.15) is 10.6 Å². The maximum Gasteiger partial charge on any atom is 0.412 e. The monoisotopic (exact) mass is 320 g/mol. The lowest BCUT2D eigenvalue weighted by Gasteiger charge is -2.20. The van der Waals surface area contributed by atoms with Crippen molar-refractivity contribution in [2.75, 3.05) is 5.32 Å². The molecule has 0 spiro atoms. The minimum Gasteiger partial charge on any atom is -0.502 e. The summed E-state index contributed by atoms with van der Waals surface area (Å²) in [7, 11) is 0. The van der Waals surface area contributed by atoms with Crippen molar-refractivity contribution in [3.63, 3.8) is 0 Å². The zero-order valence-electron chi connectivity index (χ0n) is 12.4. The number of hydrogen-bond donors (Lipinski definition) is 2. The van der Waals surface area contributed by atoms with Crippen molar-refractivity contribution in [1.29, 1.82) is 0 Å². The zero-order valence-corrected chi connectivity index (χ0v) is 13.2. The first-order valence-corrected chi connectivity index (χ1v) is 7.42. The standard InChI is InChI=1S/C15H16N2O4S/c1-15(2,3)21-14(20)16-10-7-5-4-6-9(10)13-17-12(19)11(18)8-22-13/h4-8,18H,1-3H3,(H,16,20). The number of hydrogen-bond acceptors (Lipinski definition) is 6. The smallest absolute Gasteiger partial charge is 0.412 e. The summed E-state index contributed by atoms with van der Waals surface area (Å²) in [6.07, 6.45) is -0.592. The zero-order chi connectivity index (χ0) is 16.3. The largest absolute Gasteiger partial charge is 0.502 e. The van der Waals surface area contributed by atoms with Crippen molar-refractivity contribution >= 4 is 23.1 Å². The second-order valence-corrected chi connectivity index (χ2v) is 6.37. The predicted octanol–water partition coefficient (Wildman–Crippen LogP) is 3.22. The van der Waals surface area contributed by atoms with Crippen molar-refractivity contribution in [2.45, 2.75) is 26.4 Å². The van der Waals surface area contributed by atoms with E-state index in [-0.39, 0.29) is 0 Å². The van der Waals surface area contributed by atoms with E-state index in [2.05, 4.69) is 10.3 Å². The van der Waals surface area contributed by atoms with E-state index in [1.54, 1.807) is 45.0 Å². The summed E-state index contributed by atoms with van der Waals surface area (Å²) < 4.78 is 5.21. The molecule has 0 bridgehead atoms. The van der Waals surface area contributed by atoms with E-state index >= 15 is 0 Å². The van der Waals surface area contributed by atoms with Gasteiger partial charge in [0.25, 0.3) is 0 Å². The Bertz CT molecular complexity index is 750. The van der Waals surface area contributed by atoms with Gasteiger partial charge in [-0.25, -0.2) is 4.79 Å². The molecule has 0 unspecified atom stereocenters. The van der Waals surface area contributed by atoms with E-state index in [0.717, 1.165) is 11.3 Å². The number of nitrogens with zero attached hydrogens (tertiary/aromatic N) is 1. The Morgan fingerprint density at radius 3 is 2.64 bits per heavy atom. The number of para-hydroxylation sites is 1. The quantitative estimate of drug-likeness (QED) is 0.887. The Hall–Kier alpha value is -2.41. The number of amides is 1. The highest BCUT2D eigenvalue weighted by Crippen LogP contribution is 2.29. The fourth-order valence-corrected chi connectivity index (χ4v) is 2.42. The molecule has 1 aromatic heterocycles. The van der Waals surface area contributed by atoms with Crippen molar-refractivity contribution in [1.82, 2.24) is 4.98 Å². The van der Waals surface area contributed by atoms with E-state index in [1.165, 1.54) is 5.38 Å². The second-order valence-electron chi connectivity index (χ2n) is 5.52. The molecule has 2 N–H and O–H groups in total. The SMILES string of the molecule is CC(C)(C)OC(=O)Nc1ccccc1-c1nc(=O)c(O)cs1. The lowest BCUT2D eigenvalue weighted by Crippen LogP contribution is -2.27. The van der Waals surface area contributed by atoms with Gasteiger partial charge in [0.15, 0.2) is 5.75 Å². The van der Waals surface area contributed by atoms with Gasteiger partial charge in [-0.05, 0) is 32.9 Å². The number of carbonyl (C=O) groups is 1. The number of ether oxygens (including phenoxy) is 1. The molecule has 0 aliphatic heterocycles. The summed E-state index contributed by atoms with van der Waals surface area (Å²) in [4.78, 5) is 27.2. The van der Waals surface area contributed by atoms with Crippen molar-refractivity contribution in [2.24, 2.45) is 0 Å². The van der Waals surface area contributed by atoms with E-state index < -0.39 is 23.0 Å². The van der Waals surface area contributed by atoms with E-state index in [9.17, 15) is 14.7 Å². The minimum absolute atomic E-state index is 0.397. The Morgan fingerprint density at radius 2 is 2.00 bits per heavy atom. The average Bonchev–Trinajstić information content (AvgIpc) is 2.40. The van der Waals surface area contributed by atoms with Crippen molar-refractivity contribution in [3.8, 4) is 16.3 Å². The molecule has 22 heavy (non-hydrogen) atoms. The van der Waals surface area contributed by atoms with Crippen LogP contribution < -0.4 is 10.9 Å². The fourth-order valence-electron chi connectivity index (χ4n) is 1.65. The lowest BCUT2D eigenvalue weighted by molar-refractivity contribution is 0.0636. The van der Waals surface area contributed by atoms with E-state index in [1.807, 2.05) is 0 Å². The summed E-state index contributed by atoms with van der Waals surface area (Å²) in [5.41, 5.74) is -0.262. The molecule has 0 saturated heterocycles. The van der Waals surface area contributed by atoms with Crippen LogP contribution in [-0.2, 0) is 4.74 Å². The van der Waals surface area contributed by atoms with E-state index in [4.69, 9.17) is 4.74 Å². The number of aromatic nitrogens is 1. The molecule has 2 rings (SSSR count). The van der Waals surface area contributed by atoms with Gasteiger partial charge in [0, 0.05) is 10.9 Å². The van der Waals surface area contributed by atoms with Crippen LogP contribution in [-0.4, -0.2) is 21.8 Å². The van der Waals surface area contributed by atoms with Gasteiger partial charge in [-0.1, -0.05) is 12.1 Å². The highest BCUT2D eigenvalue weighted by molar-refractivity contribution is 7.13. The normalized spacial score (nSPS) is 11.0. The third kappa shape index (κ3) is 4.05. The molecule has 0 aliphatic carbocycles. The molecule has 2 aromatic rings. The predicted molar refractivity (Wildman–Crippen MR) is 85.3 cm³/mol. The number of rotatable bonds is 2. The summed E-state index contributed by atoms with van der Waals surface area (Å²) in [6.45, 7) is 5.31. The van der Waals surface area contributed by atoms with Crippen LogP contribution in [0.4, 0.5) is 10.5 Å². The van der Waals surface area contributed by atoms with Crippen molar-refractivity contribution < 1.29 is 14.6 Å². The van der Waals surface area contributed by atoms with Gasteiger partial charge < -0.3 is 9.84 Å². The van der Waals surface area contributed by atoms with Crippen LogP contribution in [0.1, 0.15) is 20.8 Å². The summed E-state index contributed by atoms with van der Waals surface area (Å²) in [5, 5.41) is 13.6. The fraction of sp³-hybridized carbons (Fsp3) is 0.267. The van der Waals surface area contributed by atoms with Gasteiger partial charge in [0.2, 0.25) is 0 Å². The first-order valence-electron chi connectivity index (χ1n) is 6.54. The number of aromatic hydroxyl groups is 1. The Kier molecular flexibility index (Phi) is 4.46. The minimum atomic E-state index is -0.708. The number of nitrogens with one attached hydrogen (secondary N) is 1. The molecule has 0 radical (unpaired) electrons. The third-order valence-corrected chi connectivity index (χ3v) is 3.37. The van der Waals surface area contributed by atoms with Crippen LogP contribution in [0, 0.1) is 0 Å². The summed E-state index contributed by atoms with van der Waals surface area (Å²) in [6, 6.07) is 6.92. The van der Waals surface area contributed by atoms with Crippen LogP contribution >= 0.6 is 11.3 Å². The lowest BCUT2D eigenvalue weighted by atomic mass is 10.2. The van der Waals surface area contributed by atoms with Crippen LogP contribution in [0.2, 0.25) is 0 Å². The molecule has 7 heteroatoms. The van der Waals surface area contributed by atoms with Crippen LogP contribution in [0.3, 0.4) is 0 Å². The summed E-state index contributed by atoms with van der Waals surface area (Å²) in [5.74, 6) is -0.397. The first-order chi connectivity index (χ1) is 10.3. The average molecular weight is 320 g/mol. The maximum absolute atomic E-state index is 11.9. The molecule has 116 valence electrons. The molecule has 1 heterocycles.